The maximum atomic E-state index is 12.4. The van der Waals surface area contributed by atoms with Gasteiger partial charge in [-0.3, -0.25) is 4.79 Å². The Balaban J connectivity index is 2.01. The molecule has 2 aromatic heterocycles. The van der Waals surface area contributed by atoms with Gasteiger partial charge in [0.25, 0.3) is 0 Å². The van der Waals surface area contributed by atoms with Crippen LogP contribution in [0.15, 0.2) is 12.7 Å². The topological polar surface area (TPSA) is 88.4 Å². The summed E-state index contributed by atoms with van der Waals surface area (Å²) >= 11 is 6.05. The molecule has 0 N–H and O–H groups in total. The third-order valence-electron chi connectivity index (χ3n) is 4.26. The highest BCUT2D eigenvalue weighted by Gasteiger charge is 2.61. The number of carbonyl (C=O) groups excluding carboxylic acids is 1. The van der Waals surface area contributed by atoms with Crippen LogP contribution in [0.2, 0.25) is 5.15 Å². The molecule has 0 bridgehead atoms. The van der Waals surface area contributed by atoms with E-state index in [1.54, 1.807) is 10.9 Å². The smallest absolute Gasteiger partial charge is 0.316 e. The number of halogens is 1. The fourth-order valence-corrected chi connectivity index (χ4v) is 3.46. The van der Waals surface area contributed by atoms with Crippen molar-refractivity contribution in [3.63, 3.8) is 0 Å². The molecule has 0 spiro atoms. The monoisotopic (exact) mass is 354 g/mol. The van der Waals surface area contributed by atoms with E-state index >= 15 is 0 Å². The minimum Gasteiger partial charge on any atom is -0.469 e. The summed E-state index contributed by atoms with van der Waals surface area (Å²) in [6, 6.07) is -0.244. The molecule has 1 fully saturated rings. The van der Waals surface area contributed by atoms with Gasteiger partial charge in [-0.1, -0.05) is 11.6 Å². The van der Waals surface area contributed by atoms with E-state index in [2.05, 4.69) is 15.0 Å². The highest BCUT2D eigenvalue weighted by molar-refractivity contribution is 6.33. The first-order valence-corrected chi connectivity index (χ1v) is 8.14. The lowest BCUT2D eigenvalue weighted by molar-refractivity contribution is -0.319. The van der Waals surface area contributed by atoms with Gasteiger partial charge in [0.2, 0.25) is 0 Å². The molecular formula is C15H19ClN4O4. The predicted molar refractivity (Wildman–Crippen MR) is 85.5 cm³/mol. The SMILES string of the molecule is CCOC1(OCC)C[C@@H](n2cnc3c(Cl)ncnc32)[C@@H]1C(=O)OC. The van der Waals surface area contributed by atoms with Crippen LogP contribution in [0.4, 0.5) is 0 Å². The molecule has 1 aliphatic rings. The number of hydrogen-bond donors (Lipinski definition) is 0. The van der Waals surface area contributed by atoms with Crippen LogP contribution < -0.4 is 0 Å². The quantitative estimate of drug-likeness (QED) is 0.445. The number of methoxy groups -OCH3 is 1. The van der Waals surface area contributed by atoms with Gasteiger partial charge in [0.1, 0.15) is 17.8 Å². The molecule has 9 heteroatoms. The maximum absolute atomic E-state index is 12.4. The molecule has 2 aromatic rings. The zero-order valence-corrected chi connectivity index (χ0v) is 14.5. The van der Waals surface area contributed by atoms with E-state index in [1.165, 1.54) is 13.4 Å². The van der Waals surface area contributed by atoms with Crippen LogP contribution in [0.1, 0.15) is 26.3 Å². The Bertz CT molecular complexity index is 744. The second-order valence-electron chi connectivity index (χ2n) is 5.44. The fourth-order valence-electron chi connectivity index (χ4n) is 3.29. The van der Waals surface area contributed by atoms with Crippen LogP contribution in [-0.4, -0.2) is 51.6 Å². The Hall–Kier alpha value is -1.77. The van der Waals surface area contributed by atoms with Crippen LogP contribution in [0.25, 0.3) is 11.2 Å². The van der Waals surface area contributed by atoms with Crippen molar-refractivity contribution in [2.24, 2.45) is 5.92 Å². The fraction of sp³-hybridized carbons (Fsp3) is 0.600. The first kappa shape index (κ1) is 17.1. The molecule has 0 unspecified atom stereocenters. The third kappa shape index (κ3) is 2.54. The molecule has 8 nitrogen and oxygen atoms in total. The minimum absolute atomic E-state index is 0.244. The van der Waals surface area contributed by atoms with Gasteiger partial charge in [-0.25, -0.2) is 15.0 Å². The highest BCUT2D eigenvalue weighted by atomic mass is 35.5. The molecule has 2 heterocycles. The molecule has 1 saturated carbocycles. The number of aromatic nitrogens is 4. The van der Waals surface area contributed by atoms with Gasteiger partial charge in [0, 0.05) is 19.6 Å². The zero-order chi connectivity index (χ0) is 17.3. The molecular weight excluding hydrogens is 336 g/mol. The van der Waals surface area contributed by atoms with Gasteiger partial charge in [-0.2, -0.15) is 0 Å². The van der Waals surface area contributed by atoms with Crippen molar-refractivity contribution in [2.45, 2.75) is 32.1 Å². The van der Waals surface area contributed by atoms with Crippen molar-refractivity contribution in [1.82, 2.24) is 19.5 Å². The largest absolute Gasteiger partial charge is 0.469 e. The van der Waals surface area contributed by atoms with Crippen LogP contribution in [0, 0.1) is 5.92 Å². The standard InChI is InChI=1S/C15H19ClN4O4/c1-4-23-15(24-5-2)6-9(10(15)14(21)22-3)20-8-19-11-12(16)17-7-18-13(11)20/h7-10H,4-6H2,1-3H3/t9-,10-/m1/s1. The minimum atomic E-state index is -0.991. The molecule has 0 aromatic carbocycles. The second kappa shape index (κ2) is 6.62. The number of hydrogen-bond acceptors (Lipinski definition) is 7. The van der Waals surface area contributed by atoms with E-state index in [4.69, 9.17) is 25.8 Å². The molecule has 130 valence electrons. The van der Waals surface area contributed by atoms with Crippen LogP contribution >= 0.6 is 11.6 Å². The molecule has 3 rings (SSSR count). The lowest BCUT2D eigenvalue weighted by Gasteiger charge is -2.52. The van der Waals surface area contributed by atoms with Crippen molar-refractivity contribution in [3.05, 3.63) is 17.8 Å². The van der Waals surface area contributed by atoms with E-state index in [-0.39, 0.29) is 11.2 Å². The average Bonchev–Trinajstić information content (AvgIpc) is 2.97. The summed E-state index contributed by atoms with van der Waals surface area (Å²) in [4.78, 5) is 24.8. The number of esters is 1. The van der Waals surface area contributed by atoms with Crippen LogP contribution in [0.3, 0.4) is 0 Å². The van der Waals surface area contributed by atoms with E-state index in [1.807, 2.05) is 13.8 Å². The van der Waals surface area contributed by atoms with Crippen molar-refractivity contribution in [2.75, 3.05) is 20.3 Å². The normalized spacial score (nSPS) is 22.3. The molecule has 1 aliphatic carbocycles. The van der Waals surface area contributed by atoms with Crippen molar-refractivity contribution < 1.29 is 19.0 Å². The Kier molecular flexibility index (Phi) is 4.71. The van der Waals surface area contributed by atoms with Gasteiger partial charge in [0.05, 0.1) is 19.5 Å². The van der Waals surface area contributed by atoms with E-state index in [0.29, 0.717) is 30.8 Å². The number of carbonyl (C=O) groups is 1. The number of imidazole rings is 1. The molecule has 0 aliphatic heterocycles. The molecule has 24 heavy (non-hydrogen) atoms. The molecule has 0 saturated heterocycles. The Labute approximate surface area is 144 Å². The van der Waals surface area contributed by atoms with E-state index in [0.717, 1.165) is 0 Å². The predicted octanol–water partition coefficient (Wildman–Crippen LogP) is 1.98. The molecule has 0 radical (unpaired) electrons. The molecule has 2 atom stereocenters. The Morgan fingerprint density at radius 2 is 2.04 bits per heavy atom. The van der Waals surface area contributed by atoms with Gasteiger partial charge in [0.15, 0.2) is 16.6 Å². The summed E-state index contributed by atoms with van der Waals surface area (Å²) in [5, 5.41) is 0.272. The summed E-state index contributed by atoms with van der Waals surface area (Å²) in [6.07, 6.45) is 3.46. The highest BCUT2D eigenvalue weighted by Crippen LogP contribution is 2.51. The van der Waals surface area contributed by atoms with Crippen LogP contribution in [-0.2, 0) is 19.0 Å². The number of fused-ring (bicyclic) bond motifs is 1. The van der Waals surface area contributed by atoms with E-state index < -0.39 is 17.7 Å². The van der Waals surface area contributed by atoms with Crippen molar-refractivity contribution in [3.8, 4) is 0 Å². The van der Waals surface area contributed by atoms with Crippen LogP contribution in [0.5, 0.6) is 0 Å². The van der Waals surface area contributed by atoms with Crippen molar-refractivity contribution >= 4 is 28.7 Å². The summed E-state index contributed by atoms with van der Waals surface area (Å²) < 4.78 is 18.4. The average molecular weight is 355 g/mol. The number of ether oxygens (including phenoxy) is 3. The maximum Gasteiger partial charge on any atom is 0.316 e. The summed E-state index contributed by atoms with van der Waals surface area (Å²) in [5.74, 6) is -2.00. The zero-order valence-electron chi connectivity index (χ0n) is 13.7. The lowest BCUT2D eigenvalue weighted by atomic mass is 9.72. The van der Waals surface area contributed by atoms with Gasteiger partial charge in [-0.15, -0.1) is 0 Å². The number of nitrogens with zero attached hydrogens (tertiary/aromatic N) is 4. The first-order chi connectivity index (χ1) is 11.6. The summed E-state index contributed by atoms with van der Waals surface area (Å²) in [5.41, 5.74) is 1.06. The van der Waals surface area contributed by atoms with Gasteiger partial charge in [-0.05, 0) is 13.8 Å². The number of rotatable bonds is 6. The van der Waals surface area contributed by atoms with E-state index in [9.17, 15) is 4.79 Å². The first-order valence-electron chi connectivity index (χ1n) is 7.76. The lowest BCUT2D eigenvalue weighted by Crippen LogP contribution is -2.61. The Morgan fingerprint density at radius 1 is 1.33 bits per heavy atom. The summed E-state index contributed by atoms with van der Waals surface area (Å²) in [6.45, 7) is 4.59. The Morgan fingerprint density at radius 3 is 2.67 bits per heavy atom. The third-order valence-corrected chi connectivity index (χ3v) is 4.53. The second-order valence-corrected chi connectivity index (χ2v) is 5.80. The van der Waals surface area contributed by atoms with Gasteiger partial charge < -0.3 is 18.8 Å². The van der Waals surface area contributed by atoms with Crippen molar-refractivity contribution in [1.29, 1.82) is 0 Å². The summed E-state index contributed by atoms with van der Waals surface area (Å²) in [7, 11) is 1.35. The van der Waals surface area contributed by atoms with Gasteiger partial charge >= 0.3 is 5.97 Å². The molecule has 0 amide bonds.